The molecule has 1 amide bonds. The number of hydrogen-bond donors (Lipinski definition) is 2. The van der Waals surface area contributed by atoms with Crippen molar-refractivity contribution in [3.05, 3.63) is 82.7 Å². The van der Waals surface area contributed by atoms with Gasteiger partial charge in [-0.25, -0.2) is 23.1 Å². The summed E-state index contributed by atoms with van der Waals surface area (Å²) in [5, 5.41) is 7.99. The Labute approximate surface area is 199 Å². The van der Waals surface area contributed by atoms with E-state index in [0.29, 0.717) is 32.7 Å². The molecule has 33 heavy (non-hydrogen) atoms. The minimum atomic E-state index is -3.88. The van der Waals surface area contributed by atoms with E-state index in [-0.39, 0.29) is 10.8 Å². The molecule has 0 fully saturated rings. The summed E-state index contributed by atoms with van der Waals surface area (Å²) in [6.45, 7) is 0. The molecule has 4 rings (SSSR count). The largest absolute Gasteiger partial charge is 0.321 e. The molecule has 0 aliphatic carbocycles. The minimum absolute atomic E-state index is 0.00592. The molecule has 0 spiro atoms. The van der Waals surface area contributed by atoms with E-state index in [1.165, 1.54) is 41.3 Å². The third kappa shape index (κ3) is 5.30. The van der Waals surface area contributed by atoms with E-state index in [1.807, 2.05) is 0 Å². The van der Waals surface area contributed by atoms with E-state index >= 15 is 0 Å². The number of anilines is 2. The summed E-state index contributed by atoms with van der Waals surface area (Å²) in [6.07, 6.45) is 2.85. The maximum absolute atomic E-state index is 12.8. The number of nitrogens with zero attached hydrogens (tertiary/aromatic N) is 4. The summed E-state index contributed by atoms with van der Waals surface area (Å²) in [7, 11) is -2.24. The number of aromatic nitrogens is 4. The predicted molar refractivity (Wildman–Crippen MR) is 126 cm³/mol. The molecular formula is C21H16Cl2N6O3S. The second kappa shape index (κ2) is 9.18. The van der Waals surface area contributed by atoms with Crippen LogP contribution in [0.1, 0.15) is 10.5 Å². The molecule has 168 valence electrons. The normalized spacial score (nSPS) is 11.2. The lowest BCUT2D eigenvalue weighted by Crippen LogP contribution is -2.17. The van der Waals surface area contributed by atoms with Crippen LogP contribution in [0.2, 0.25) is 10.0 Å². The summed E-state index contributed by atoms with van der Waals surface area (Å²) < 4.78 is 28.7. The van der Waals surface area contributed by atoms with Gasteiger partial charge in [0.25, 0.3) is 15.9 Å². The first kappa shape index (κ1) is 22.7. The zero-order valence-electron chi connectivity index (χ0n) is 17.0. The molecule has 2 aromatic heterocycles. The fourth-order valence-corrected chi connectivity index (χ4v) is 4.45. The molecule has 0 aliphatic rings. The summed E-state index contributed by atoms with van der Waals surface area (Å²) >= 11 is 12.1. The lowest BCUT2D eigenvalue weighted by atomic mass is 10.1. The van der Waals surface area contributed by atoms with Gasteiger partial charge in [-0.05, 0) is 54.6 Å². The molecule has 0 atom stereocenters. The SMILES string of the molecule is Cn1nc(-c2cc(Cl)cc(Cl)c2)cc1C(=O)Nc1ccc(S(=O)(=O)Nc2ncccn2)cc1. The lowest BCUT2D eigenvalue weighted by Gasteiger charge is -2.08. The van der Waals surface area contributed by atoms with Crippen molar-refractivity contribution in [3.63, 3.8) is 0 Å². The molecule has 9 nitrogen and oxygen atoms in total. The number of hydrogen-bond acceptors (Lipinski definition) is 6. The zero-order valence-corrected chi connectivity index (χ0v) is 19.4. The number of aryl methyl sites for hydroxylation is 1. The van der Waals surface area contributed by atoms with Crippen molar-refractivity contribution in [1.82, 2.24) is 19.7 Å². The van der Waals surface area contributed by atoms with Crippen LogP contribution in [0, 0.1) is 0 Å². The van der Waals surface area contributed by atoms with Crippen molar-refractivity contribution in [1.29, 1.82) is 0 Å². The molecule has 0 saturated heterocycles. The second-order valence-electron chi connectivity index (χ2n) is 6.85. The van der Waals surface area contributed by atoms with Crippen molar-refractivity contribution in [3.8, 4) is 11.3 Å². The van der Waals surface area contributed by atoms with Gasteiger partial charge in [0.1, 0.15) is 5.69 Å². The van der Waals surface area contributed by atoms with E-state index in [1.54, 1.807) is 37.4 Å². The Morgan fingerprint density at radius 1 is 0.970 bits per heavy atom. The Balaban J connectivity index is 1.50. The first-order valence-corrected chi connectivity index (χ1v) is 11.7. The smallest absolute Gasteiger partial charge is 0.273 e. The highest BCUT2D eigenvalue weighted by Crippen LogP contribution is 2.27. The Bertz CT molecular complexity index is 1400. The zero-order chi connectivity index (χ0) is 23.6. The Kier molecular flexibility index (Phi) is 6.32. The van der Waals surface area contributed by atoms with Crippen LogP contribution in [0.3, 0.4) is 0 Å². The lowest BCUT2D eigenvalue weighted by molar-refractivity contribution is 0.101. The van der Waals surface area contributed by atoms with Crippen molar-refractivity contribution in [2.75, 3.05) is 10.0 Å². The van der Waals surface area contributed by atoms with Crippen molar-refractivity contribution >= 4 is 50.8 Å². The van der Waals surface area contributed by atoms with Gasteiger partial charge >= 0.3 is 0 Å². The van der Waals surface area contributed by atoms with Gasteiger partial charge in [0.2, 0.25) is 5.95 Å². The molecule has 0 bridgehead atoms. The van der Waals surface area contributed by atoms with E-state index in [9.17, 15) is 13.2 Å². The molecule has 2 aromatic carbocycles. The molecule has 2 N–H and O–H groups in total. The highest BCUT2D eigenvalue weighted by Gasteiger charge is 2.18. The number of carbonyl (C=O) groups is 1. The Morgan fingerprint density at radius 2 is 1.61 bits per heavy atom. The first-order valence-electron chi connectivity index (χ1n) is 9.43. The topological polar surface area (TPSA) is 119 Å². The second-order valence-corrected chi connectivity index (χ2v) is 9.41. The van der Waals surface area contributed by atoms with Crippen LogP contribution in [-0.4, -0.2) is 34.1 Å². The Morgan fingerprint density at radius 3 is 2.24 bits per heavy atom. The van der Waals surface area contributed by atoms with Gasteiger partial charge < -0.3 is 5.32 Å². The third-order valence-corrected chi connectivity index (χ3v) is 6.27. The maximum atomic E-state index is 12.8. The number of carbonyl (C=O) groups excluding carboxylic acids is 1. The van der Waals surface area contributed by atoms with E-state index in [0.717, 1.165) is 0 Å². The van der Waals surface area contributed by atoms with Crippen molar-refractivity contribution in [2.24, 2.45) is 7.05 Å². The summed E-state index contributed by atoms with van der Waals surface area (Å²) in [5.41, 5.74) is 1.90. The van der Waals surface area contributed by atoms with E-state index in [2.05, 4.69) is 25.1 Å². The minimum Gasteiger partial charge on any atom is -0.321 e. The molecule has 0 unspecified atom stereocenters. The Hall–Kier alpha value is -3.47. The van der Waals surface area contributed by atoms with Crippen molar-refractivity contribution in [2.45, 2.75) is 4.90 Å². The van der Waals surface area contributed by atoms with Gasteiger partial charge in [0.05, 0.1) is 10.6 Å². The van der Waals surface area contributed by atoms with Crippen LogP contribution in [0.25, 0.3) is 11.3 Å². The molecule has 4 aromatic rings. The summed E-state index contributed by atoms with van der Waals surface area (Å²) in [5.74, 6) is -0.460. The third-order valence-electron chi connectivity index (χ3n) is 4.48. The average Bonchev–Trinajstić information content (AvgIpc) is 3.16. The molecule has 0 radical (unpaired) electrons. The molecule has 12 heteroatoms. The van der Waals surface area contributed by atoms with Crippen LogP contribution in [0.4, 0.5) is 11.6 Å². The first-order chi connectivity index (χ1) is 15.7. The van der Waals surface area contributed by atoms with Crippen LogP contribution < -0.4 is 10.0 Å². The molecule has 0 aliphatic heterocycles. The van der Waals surface area contributed by atoms with Gasteiger partial charge in [0, 0.05) is 40.7 Å². The fraction of sp³-hybridized carbons (Fsp3) is 0.0476. The average molecular weight is 503 g/mol. The van der Waals surface area contributed by atoms with Gasteiger partial charge in [-0.15, -0.1) is 0 Å². The van der Waals surface area contributed by atoms with Gasteiger partial charge in [-0.3, -0.25) is 9.48 Å². The number of rotatable bonds is 6. The summed E-state index contributed by atoms with van der Waals surface area (Å²) in [4.78, 5) is 20.4. The predicted octanol–water partition coefficient (Wildman–Crippen LogP) is 4.24. The fourth-order valence-electron chi connectivity index (χ4n) is 2.97. The number of amides is 1. The van der Waals surface area contributed by atoms with Gasteiger partial charge in [-0.2, -0.15) is 5.10 Å². The number of sulfonamides is 1. The van der Waals surface area contributed by atoms with Crippen LogP contribution >= 0.6 is 23.2 Å². The maximum Gasteiger partial charge on any atom is 0.273 e. The molecule has 0 saturated carbocycles. The van der Waals surface area contributed by atoms with Crippen molar-refractivity contribution < 1.29 is 13.2 Å². The van der Waals surface area contributed by atoms with E-state index in [4.69, 9.17) is 23.2 Å². The van der Waals surface area contributed by atoms with Crippen LogP contribution in [-0.2, 0) is 17.1 Å². The quantitative estimate of drug-likeness (QED) is 0.407. The van der Waals surface area contributed by atoms with Crippen LogP contribution in [0.5, 0.6) is 0 Å². The van der Waals surface area contributed by atoms with Gasteiger partial charge in [0.15, 0.2) is 0 Å². The molecule has 2 heterocycles. The van der Waals surface area contributed by atoms with Crippen LogP contribution in [0.15, 0.2) is 71.9 Å². The standard InChI is InChI=1S/C21H16Cl2N6O3S/c1-29-19(12-18(27-29)13-9-14(22)11-15(23)10-13)20(30)26-16-3-5-17(6-4-16)33(31,32)28-21-24-7-2-8-25-21/h2-12H,1H3,(H,26,30)(H,24,25,28). The number of benzene rings is 2. The summed E-state index contributed by atoms with van der Waals surface area (Å²) in [6, 6.07) is 13.9. The van der Waals surface area contributed by atoms with E-state index < -0.39 is 15.9 Å². The number of halogens is 2. The highest BCUT2D eigenvalue weighted by molar-refractivity contribution is 7.92. The van der Waals surface area contributed by atoms with Gasteiger partial charge in [-0.1, -0.05) is 23.2 Å². The highest BCUT2D eigenvalue weighted by atomic mass is 35.5. The number of nitrogens with one attached hydrogen (secondary N) is 2. The molecular weight excluding hydrogens is 487 g/mol. The monoisotopic (exact) mass is 502 g/mol.